The van der Waals surface area contributed by atoms with Crippen molar-refractivity contribution in [2.75, 3.05) is 13.7 Å². The maximum absolute atomic E-state index is 12.6. The van der Waals surface area contributed by atoms with Gasteiger partial charge < -0.3 is 14.1 Å². The first-order valence-electron chi connectivity index (χ1n) is 8.70. The van der Waals surface area contributed by atoms with E-state index in [1.54, 1.807) is 4.90 Å². The third kappa shape index (κ3) is 4.10. The number of esters is 1. The van der Waals surface area contributed by atoms with Crippen LogP contribution in [0.1, 0.15) is 31.4 Å². The first kappa shape index (κ1) is 17.3. The smallest absolute Gasteiger partial charge is 0.328 e. The van der Waals surface area contributed by atoms with Crippen molar-refractivity contribution < 1.29 is 18.7 Å². The van der Waals surface area contributed by atoms with E-state index in [2.05, 4.69) is 0 Å². The number of piperidine rings is 1. The molecular weight excluding hydrogens is 318 g/mol. The Morgan fingerprint density at radius 1 is 1.16 bits per heavy atom. The number of methoxy groups -OCH3 is 1. The minimum atomic E-state index is -0.442. The summed E-state index contributed by atoms with van der Waals surface area (Å²) in [4.78, 5) is 26.1. The lowest BCUT2D eigenvalue weighted by Gasteiger charge is -2.33. The van der Waals surface area contributed by atoms with Gasteiger partial charge in [-0.15, -0.1) is 0 Å². The summed E-state index contributed by atoms with van der Waals surface area (Å²) in [6, 6.07) is 13.3. The van der Waals surface area contributed by atoms with Crippen LogP contribution in [0, 0.1) is 0 Å². The number of rotatable bonds is 5. The molecule has 0 saturated carbocycles. The Hall–Kier alpha value is -2.56. The Balaban J connectivity index is 1.60. The number of carbonyl (C=O) groups excluding carboxylic acids is 2. The van der Waals surface area contributed by atoms with Crippen molar-refractivity contribution >= 4 is 11.9 Å². The largest absolute Gasteiger partial charge is 0.467 e. The van der Waals surface area contributed by atoms with Gasteiger partial charge in [0, 0.05) is 24.9 Å². The third-order valence-electron chi connectivity index (χ3n) is 4.60. The SMILES string of the molecule is COC(=O)C1CCCCN1C(=O)CCc1ccc(-c2ccccc2)o1. The fourth-order valence-corrected chi connectivity index (χ4v) is 3.25. The maximum Gasteiger partial charge on any atom is 0.328 e. The van der Waals surface area contributed by atoms with Gasteiger partial charge in [-0.25, -0.2) is 4.79 Å². The van der Waals surface area contributed by atoms with Crippen molar-refractivity contribution in [3.63, 3.8) is 0 Å². The van der Waals surface area contributed by atoms with Crippen LogP contribution < -0.4 is 0 Å². The fourth-order valence-electron chi connectivity index (χ4n) is 3.25. The van der Waals surface area contributed by atoms with Crippen LogP contribution in [0.25, 0.3) is 11.3 Å². The number of hydrogen-bond donors (Lipinski definition) is 0. The molecule has 0 spiro atoms. The summed E-state index contributed by atoms with van der Waals surface area (Å²) in [5.41, 5.74) is 1.02. The van der Waals surface area contributed by atoms with Crippen LogP contribution in [0.2, 0.25) is 0 Å². The highest BCUT2D eigenvalue weighted by Gasteiger charge is 2.32. The summed E-state index contributed by atoms with van der Waals surface area (Å²) >= 11 is 0. The monoisotopic (exact) mass is 341 g/mol. The normalized spacial score (nSPS) is 17.3. The topological polar surface area (TPSA) is 59.8 Å². The highest BCUT2D eigenvalue weighted by Crippen LogP contribution is 2.23. The summed E-state index contributed by atoms with van der Waals surface area (Å²) in [5, 5.41) is 0. The molecule has 3 rings (SSSR count). The molecule has 25 heavy (non-hydrogen) atoms. The predicted octanol–water partition coefficient (Wildman–Crippen LogP) is 3.43. The summed E-state index contributed by atoms with van der Waals surface area (Å²) in [5.74, 6) is 1.23. The highest BCUT2D eigenvalue weighted by molar-refractivity contribution is 5.84. The Labute approximate surface area is 147 Å². The fraction of sp³-hybridized carbons (Fsp3) is 0.400. The number of likely N-dealkylation sites (tertiary alicyclic amines) is 1. The molecule has 5 heteroatoms. The first-order valence-corrected chi connectivity index (χ1v) is 8.70. The molecule has 0 bridgehead atoms. The lowest BCUT2D eigenvalue weighted by molar-refractivity contribution is -0.154. The van der Waals surface area contributed by atoms with Gasteiger partial charge >= 0.3 is 5.97 Å². The quantitative estimate of drug-likeness (QED) is 0.782. The second-order valence-corrected chi connectivity index (χ2v) is 6.25. The Bertz CT molecular complexity index is 722. The zero-order chi connectivity index (χ0) is 17.6. The van der Waals surface area contributed by atoms with E-state index >= 15 is 0 Å². The minimum Gasteiger partial charge on any atom is -0.467 e. The van der Waals surface area contributed by atoms with E-state index in [1.807, 2.05) is 42.5 Å². The number of carbonyl (C=O) groups is 2. The second kappa shape index (κ2) is 8.01. The molecular formula is C20H23NO4. The molecule has 132 valence electrons. The van der Waals surface area contributed by atoms with Crippen LogP contribution >= 0.6 is 0 Å². The van der Waals surface area contributed by atoms with Gasteiger partial charge in [0.05, 0.1) is 7.11 Å². The van der Waals surface area contributed by atoms with Gasteiger partial charge in [-0.3, -0.25) is 4.79 Å². The summed E-state index contributed by atoms with van der Waals surface area (Å²) in [7, 11) is 1.37. The van der Waals surface area contributed by atoms with Crippen molar-refractivity contribution in [1.29, 1.82) is 0 Å². The van der Waals surface area contributed by atoms with E-state index in [4.69, 9.17) is 9.15 Å². The first-order chi connectivity index (χ1) is 12.2. The van der Waals surface area contributed by atoms with Gasteiger partial charge in [0.1, 0.15) is 17.6 Å². The molecule has 1 aliphatic rings. The van der Waals surface area contributed by atoms with Crippen LogP contribution in [0.4, 0.5) is 0 Å². The van der Waals surface area contributed by atoms with Crippen LogP contribution in [0.3, 0.4) is 0 Å². The van der Waals surface area contributed by atoms with Crippen molar-refractivity contribution in [3.05, 3.63) is 48.2 Å². The van der Waals surface area contributed by atoms with E-state index < -0.39 is 6.04 Å². The Morgan fingerprint density at radius 2 is 1.96 bits per heavy atom. The zero-order valence-corrected chi connectivity index (χ0v) is 14.4. The second-order valence-electron chi connectivity index (χ2n) is 6.25. The number of aryl methyl sites for hydroxylation is 1. The van der Waals surface area contributed by atoms with Gasteiger partial charge in [-0.1, -0.05) is 30.3 Å². The Kier molecular flexibility index (Phi) is 5.53. The molecule has 1 unspecified atom stereocenters. The third-order valence-corrected chi connectivity index (χ3v) is 4.60. The minimum absolute atomic E-state index is 0.0206. The van der Waals surface area contributed by atoms with Crippen LogP contribution in [-0.4, -0.2) is 36.5 Å². The zero-order valence-electron chi connectivity index (χ0n) is 14.4. The van der Waals surface area contributed by atoms with E-state index in [1.165, 1.54) is 7.11 Å². The molecule has 1 saturated heterocycles. The van der Waals surface area contributed by atoms with Gasteiger partial charge in [-0.2, -0.15) is 0 Å². The number of benzene rings is 1. The number of ether oxygens (including phenoxy) is 1. The number of nitrogens with zero attached hydrogens (tertiary/aromatic N) is 1. The standard InChI is InChI=1S/C20H23NO4/c1-24-20(23)17-9-5-6-14-21(17)19(22)13-11-16-10-12-18(25-16)15-7-3-2-4-8-15/h2-4,7-8,10,12,17H,5-6,9,11,13-14H2,1H3. The number of hydrogen-bond acceptors (Lipinski definition) is 4. The Morgan fingerprint density at radius 3 is 2.72 bits per heavy atom. The van der Waals surface area contributed by atoms with Crippen LogP contribution in [0.5, 0.6) is 0 Å². The molecule has 1 amide bonds. The van der Waals surface area contributed by atoms with E-state index in [0.29, 0.717) is 25.8 Å². The maximum atomic E-state index is 12.6. The molecule has 2 aromatic rings. The average Bonchev–Trinajstić information content (AvgIpc) is 3.15. The van der Waals surface area contributed by atoms with Crippen molar-refractivity contribution in [1.82, 2.24) is 4.90 Å². The van der Waals surface area contributed by atoms with E-state index in [0.717, 1.165) is 29.9 Å². The van der Waals surface area contributed by atoms with Gasteiger partial charge in [0.15, 0.2) is 0 Å². The van der Waals surface area contributed by atoms with Crippen LogP contribution in [0.15, 0.2) is 46.9 Å². The molecule has 1 aromatic carbocycles. The number of amides is 1. The van der Waals surface area contributed by atoms with E-state index in [-0.39, 0.29) is 11.9 Å². The van der Waals surface area contributed by atoms with Crippen molar-refractivity contribution in [2.24, 2.45) is 0 Å². The molecule has 0 N–H and O–H groups in total. The van der Waals surface area contributed by atoms with Crippen molar-refractivity contribution in [3.8, 4) is 11.3 Å². The van der Waals surface area contributed by atoms with Crippen LogP contribution in [-0.2, 0) is 20.7 Å². The average molecular weight is 341 g/mol. The van der Waals surface area contributed by atoms with E-state index in [9.17, 15) is 9.59 Å². The molecule has 1 aliphatic heterocycles. The predicted molar refractivity (Wildman–Crippen MR) is 93.8 cm³/mol. The van der Waals surface area contributed by atoms with Crippen molar-refractivity contribution in [2.45, 2.75) is 38.1 Å². The lowest BCUT2D eigenvalue weighted by Crippen LogP contribution is -2.48. The summed E-state index contributed by atoms with van der Waals surface area (Å²) in [6.07, 6.45) is 3.41. The van der Waals surface area contributed by atoms with Gasteiger partial charge in [0.25, 0.3) is 0 Å². The molecule has 2 heterocycles. The number of furan rings is 1. The summed E-state index contributed by atoms with van der Waals surface area (Å²) in [6.45, 7) is 0.617. The summed E-state index contributed by atoms with van der Waals surface area (Å²) < 4.78 is 10.7. The molecule has 0 radical (unpaired) electrons. The highest BCUT2D eigenvalue weighted by atomic mass is 16.5. The van der Waals surface area contributed by atoms with Gasteiger partial charge in [-0.05, 0) is 31.4 Å². The lowest BCUT2D eigenvalue weighted by atomic mass is 10.0. The molecule has 1 fully saturated rings. The van der Waals surface area contributed by atoms with Gasteiger partial charge in [0.2, 0.25) is 5.91 Å². The molecule has 1 atom stereocenters. The molecule has 1 aromatic heterocycles. The molecule has 5 nitrogen and oxygen atoms in total. The molecule has 0 aliphatic carbocycles.